The number of methoxy groups -OCH3 is 1. The summed E-state index contributed by atoms with van der Waals surface area (Å²) in [6.45, 7) is 1.82. The molecule has 0 aliphatic carbocycles. The Balaban J connectivity index is 1.91. The summed E-state index contributed by atoms with van der Waals surface area (Å²) in [7, 11) is 4.85. The summed E-state index contributed by atoms with van der Waals surface area (Å²) in [6.07, 6.45) is 1.88. The van der Waals surface area contributed by atoms with Crippen LogP contribution in [-0.4, -0.2) is 39.9 Å². The summed E-state index contributed by atoms with van der Waals surface area (Å²) in [4.78, 5) is 29.0. The van der Waals surface area contributed by atoms with Crippen molar-refractivity contribution in [1.29, 1.82) is 0 Å². The Kier molecular flexibility index (Phi) is 6.40. The van der Waals surface area contributed by atoms with Gasteiger partial charge in [0, 0.05) is 43.8 Å². The predicted molar refractivity (Wildman–Crippen MR) is 144 cm³/mol. The maximum absolute atomic E-state index is 13.7. The van der Waals surface area contributed by atoms with Crippen molar-refractivity contribution in [2.24, 2.45) is 19.8 Å². The second-order valence-corrected chi connectivity index (χ2v) is 9.76. The molecule has 0 spiro atoms. The number of anilines is 1. The quantitative estimate of drug-likeness (QED) is 0.447. The van der Waals surface area contributed by atoms with E-state index in [2.05, 4.69) is 4.90 Å². The van der Waals surface area contributed by atoms with Crippen molar-refractivity contribution < 1.29 is 4.74 Å². The molecule has 0 radical (unpaired) electrons. The topological polar surface area (TPSA) is 87.4 Å². The lowest BCUT2D eigenvalue weighted by molar-refractivity contribution is 0.415. The van der Waals surface area contributed by atoms with Gasteiger partial charge in [-0.25, -0.2) is 4.79 Å². The normalized spacial score (nSPS) is 16.0. The number of aryl methyl sites for hydroxylation is 1. The van der Waals surface area contributed by atoms with Crippen molar-refractivity contribution in [2.45, 2.75) is 25.4 Å². The summed E-state index contributed by atoms with van der Waals surface area (Å²) in [5.41, 5.74) is 9.33. The molecule has 0 bridgehead atoms. The second kappa shape index (κ2) is 9.52. The SMILES string of the molecule is COc1ccc(-c2c(N3CCC[C@@H](N)C3)n(Cc3ccccc3Cl)c3c(=O)n(C)c(=O)n(C)c23)cc1. The van der Waals surface area contributed by atoms with E-state index in [0.29, 0.717) is 29.1 Å². The van der Waals surface area contributed by atoms with Gasteiger partial charge in [-0.3, -0.25) is 13.9 Å². The van der Waals surface area contributed by atoms with Gasteiger partial charge in [0.25, 0.3) is 5.56 Å². The molecule has 2 aromatic carbocycles. The molecule has 1 aliphatic heterocycles. The average molecular weight is 508 g/mol. The van der Waals surface area contributed by atoms with Crippen molar-refractivity contribution in [3.05, 3.63) is 80.0 Å². The molecule has 0 unspecified atom stereocenters. The van der Waals surface area contributed by atoms with Gasteiger partial charge in [-0.15, -0.1) is 0 Å². The van der Waals surface area contributed by atoms with E-state index in [1.807, 2.05) is 53.1 Å². The Morgan fingerprint density at radius 1 is 1.03 bits per heavy atom. The third-order valence-corrected chi connectivity index (χ3v) is 7.42. The first-order chi connectivity index (χ1) is 17.3. The fourth-order valence-corrected chi connectivity index (χ4v) is 5.40. The highest BCUT2D eigenvalue weighted by molar-refractivity contribution is 6.31. The van der Waals surface area contributed by atoms with Gasteiger partial charge in [0.05, 0.1) is 19.2 Å². The lowest BCUT2D eigenvalue weighted by Crippen LogP contribution is -2.44. The van der Waals surface area contributed by atoms with Crippen LogP contribution in [-0.2, 0) is 20.6 Å². The van der Waals surface area contributed by atoms with Gasteiger partial charge in [0.1, 0.15) is 17.1 Å². The Bertz CT molecular complexity index is 1550. The minimum Gasteiger partial charge on any atom is -0.497 e. The van der Waals surface area contributed by atoms with Crippen LogP contribution in [0.1, 0.15) is 18.4 Å². The van der Waals surface area contributed by atoms with E-state index in [9.17, 15) is 9.59 Å². The lowest BCUT2D eigenvalue weighted by Gasteiger charge is -2.34. The van der Waals surface area contributed by atoms with Gasteiger partial charge in [0.15, 0.2) is 0 Å². The molecule has 2 aromatic heterocycles. The zero-order valence-electron chi connectivity index (χ0n) is 20.7. The highest BCUT2D eigenvalue weighted by Crippen LogP contribution is 2.41. The Morgan fingerprint density at radius 3 is 2.42 bits per heavy atom. The van der Waals surface area contributed by atoms with Crippen molar-refractivity contribution >= 4 is 28.5 Å². The van der Waals surface area contributed by atoms with Crippen LogP contribution in [0.5, 0.6) is 5.75 Å². The van der Waals surface area contributed by atoms with Crippen LogP contribution in [0.3, 0.4) is 0 Å². The van der Waals surface area contributed by atoms with Crippen molar-refractivity contribution in [3.63, 3.8) is 0 Å². The Labute approximate surface area is 214 Å². The largest absolute Gasteiger partial charge is 0.497 e. The fraction of sp³-hybridized carbons (Fsp3) is 0.333. The number of fused-ring (bicyclic) bond motifs is 1. The molecule has 1 aliphatic rings. The maximum Gasteiger partial charge on any atom is 0.331 e. The number of ether oxygens (including phenoxy) is 1. The van der Waals surface area contributed by atoms with Gasteiger partial charge in [0.2, 0.25) is 0 Å². The predicted octanol–water partition coefficient (Wildman–Crippen LogP) is 3.34. The summed E-state index contributed by atoms with van der Waals surface area (Å²) < 4.78 is 10.1. The first-order valence-corrected chi connectivity index (χ1v) is 12.4. The van der Waals surface area contributed by atoms with Crippen LogP contribution >= 0.6 is 11.6 Å². The first-order valence-electron chi connectivity index (χ1n) is 12.0. The summed E-state index contributed by atoms with van der Waals surface area (Å²) in [6, 6.07) is 15.3. The molecular weight excluding hydrogens is 478 g/mol. The number of aromatic nitrogens is 3. The van der Waals surface area contributed by atoms with Gasteiger partial charge in [-0.2, -0.15) is 0 Å². The number of halogens is 1. The Hall–Kier alpha value is -3.49. The van der Waals surface area contributed by atoms with E-state index in [-0.39, 0.29) is 17.3 Å². The molecule has 0 saturated carbocycles. The van der Waals surface area contributed by atoms with Crippen LogP contribution in [0.2, 0.25) is 5.02 Å². The summed E-state index contributed by atoms with van der Waals surface area (Å²) in [5, 5.41) is 0.619. The van der Waals surface area contributed by atoms with E-state index >= 15 is 0 Å². The molecule has 0 amide bonds. The van der Waals surface area contributed by atoms with Gasteiger partial charge < -0.3 is 19.9 Å². The number of benzene rings is 2. The van der Waals surface area contributed by atoms with Gasteiger partial charge in [-0.05, 0) is 42.2 Å². The number of nitrogens with two attached hydrogens (primary N) is 1. The van der Waals surface area contributed by atoms with E-state index in [4.69, 9.17) is 22.1 Å². The molecular formula is C27H30ClN5O3. The van der Waals surface area contributed by atoms with Crippen LogP contribution in [0.4, 0.5) is 5.82 Å². The number of hydrogen-bond acceptors (Lipinski definition) is 5. The van der Waals surface area contributed by atoms with Crippen molar-refractivity contribution in [3.8, 4) is 16.9 Å². The van der Waals surface area contributed by atoms with Crippen LogP contribution in [0, 0.1) is 0 Å². The molecule has 188 valence electrons. The minimum atomic E-state index is -0.376. The zero-order valence-corrected chi connectivity index (χ0v) is 21.5. The number of nitrogens with zero attached hydrogens (tertiary/aromatic N) is 4. The monoisotopic (exact) mass is 507 g/mol. The molecule has 8 nitrogen and oxygen atoms in total. The number of rotatable bonds is 5. The number of piperidine rings is 1. The van der Waals surface area contributed by atoms with E-state index in [1.165, 1.54) is 7.05 Å². The molecule has 5 rings (SSSR count). The standard InChI is InChI=1S/C27H30ClN5O3/c1-30-23-22(17-10-12-20(36-3)13-11-17)25(32-14-6-8-19(29)16-32)33(15-18-7-4-5-9-21(18)28)24(23)26(34)31(2)27(30)35/h4-5,7,9-13,19H,6,8,14-16,29H2,1-3H3/t19-/m1/s1. The van der Waals surface area contributed by atoms with Crippen molar-refractivity contribution in [2.75, 3.05) is 25.1 Å². The van der Waals surface area contributed by atoms with E-state index in [0.717, 1.165) is 52.2 Å². The van der Waals surface area contributed by atoms with Gasteiger partial charge >= 0.3 is 5.69 Å². The fourth-order valence-electron chi connectivity index (χ4n) is 5.21. The molecule has 4 aromatic rings. The van der Waals surface area contributed by atoms with Crippen molar-refractivity contribution in [1.82, 2.24) is 13.7 Å². The van der Waals surface area contributed by atoms with E-state index in [1.54, 1.807) is 18.7 Å². The van der Waals surface area contributed by atoms with Gasteiger partial charge in [-0.1, -0.05) is 41.9 Å². The zero-order chi connectivity index (χ0) is 25.6. The molecule has 1 fully saturated rings. The maximum atomic E-state index is 13.7. The summed E-state index contributed by atoms with van der Waals surface area (Å²) in [5.74, 6) is 1.59. The third-order valence-electron chi connectivity index (χ3n) is 7.05. The minimum absolute atomic E-state index is 0.0147. The van der Waals surface area contributed by atoms with Crippen LogP contribution < -0.4 is 26.6 Å². The summed E-state index contributed by atoms with van der Waals surface area (Å²) >= 11 is 6.57. The highest BCUT2D eigenvalue weighted by atomic mass is 35.5. The van der Waals surface area contributed by atoms with Crippen LogP contribution in [0.25, 0.3) is 22.2 Å². The molecule has 1 saturated heterocycles. The van der Waals surface area contributed by atoms with Crippen LogP contribution in [0.15, 0.2) is 58.1 Å². The third kappa shape index (κ3) is 4.00. The molecule has 1 atom stereocenters. The first kappa shape index (κ1) is 24.2. The average Bonchev–Trinajstić information content (AvgIpc) is 3.22. The molecule has 2 N–H and O–H groups in total. The lowest BCUT2D eigenvalue weighted by atomic mass is 10.0. The smallest absolute Gasteiger partial charge is 0.331 e. The van der Waals surface area contributed by atoms with E-state index < -0.39 is 0 Å². The number of hydrogen-bond donors (Lipinski definition) is 1. The second-order valence-electron chi connectivity index (χ2n) is 9.36. The highest BCUT2D eigenvalue weighted by Gasteiger charge is 2.30. The molecule has 36 heavy (non-hydrogen) atoms. The Morgan fingerprint density at radius 2 is 1.75 bits per heavy atom. The molecule has 3 heterocycles. The molecule has 9 heteroatoms.